The molecule has 1 unspecified atom stereocenters. The van der Waals surface area contributed by atoms with Crippen LogP contribution in [0.5, 0.6) is 0 Å². The number of nitrogens with zero attached hydrogens (tertiary/aromatic N) is 1. The highest BCUT2D eigenvalue weighted by molar-refractivity contribution is 9.10. The van der Waals surface area contributed by atoms with Gasteiger partial charge in [0.25, 0.3) is 0 Å². The van der Waals surface area contributed by atoms with Gasteiger partial charge in [-0.25, -0.2) is 12.8 Å². The van der Waals surface area contributed by atoms with Crippen LogP contribution in [0.4, 0.5) is 15.8 Å². The molecular formula is C12H16BrFN2O2S2. The van der Waals surface area contributed by atoms with Gasteiger partial charge < -0.3 is 10.6 Å². The van der Waals surface area contributed by atoms with Crippen LogP contribution in [0.3, 0.4) is 0 Å². The summed E-state index contributed by atoms with van der Waals surface area (Å²) in [6.07, 6.45) is 0. The maximum Gasteiger partial charge on any atom is 0.171 e. The third kappa shape index (κ3) is 3.07. The Morgan fingerprint density at radius 1 is 1.55 bits per heavy atom. The van der Waals surface area contributed by atoms with Crippen LogP contribution < -0.4 is 10.6 Å². The average Bonchev–Trinajstić information content (AvgIpc) is 2.43. The number of rotatable bonds is 3. The van der Waals surface area contributed by atoms with Crippen molar-refractivity contribution in [3.63, 3.8) is 0 Å². The number of benzene rings is 1. The standard InChI is InChI=1S/C12H16BrFN2O2S2/c1-2-20(17,18)12-7-19-4-3-16(12)11-5-8(13)9(14)6-10(11)15/h5-6,12H,2-4,7,15H2,1H3. The lowest BCUT2D eigenvalue weighted by Gasteiger charge is -2.37. The molecule has 4 nitrogen and oxygen atoms in total. The zero-order valence-electron chi connectivity index (χ0n) is 11.0. The molecule has 1 aromatic rings. The number of halogens is 2. The molecule has 1 aliphatic rings. The van der Waals surface area contributed by atoms with Crippen molar-refractivity contribution in [3.8, 4) is 0 Å². The summed E-state index contributed by atoms with van der Waals surface area (Å²) in [7, 11) is -3.22. The predicted molar refractivity (Wildman–Crippen MR) is 86.4 cm³/mol. The fourth-order valence-electron chi connectivity index (χ4n) is 2.15. The molecule has 1 aliphatic heterocycles. The number of nitrogens with two attached hydrogens (primary N) is 1. The van der Waals surface area contributed by atoms with Crippen molar-refractivity contribution in [3.05, 3.63) is 22.4 Å². The van der Waals surface area contributed by atoms with Gasteiger partial charge >= 0.3 is 0 Å². The Bertz CT molecular complexity index is 610. The van der Waals surface area contributed by atoms with Gasteiger partial charge in [-0.15, -0.1) is 0 Å². The van der Waals surface area contributed by atoms with E-state index in [9.17, 15) is 12.8 Å². The molecule has 112 valence electrons. The number of sulfone groups is 1. The molecule has 8 heteroatoms. The zero-order chi connectivity index (χ0) is 14.9. The summed E-state index contributed by atoms with van der Waals surface area (Å²) in [5.74, 6) is 0.957. The Balaban J connectivity index is 2.46. The zero-order valence-corrected chi connectivity index (χ0v) is 14.2. The minimum atomic E-state index is -3.22. The van der Waals surface area contributed by atoms with E-state index in [-0.39, 0.29) is 15.9 Å². The minimum absolute atomic E-state index is 0.0804. The maximum absolute atomic E-state index is 13.5. The lowest BCUT2D eigenvalue weighted by atomic mass is 10.2. The van der Waals surface area contributed by atoms with Gasteiger partial charge in [-0.3, -0.25) is 0 Å². The molecule has 0 spiro atoms. The third-order valence-corrected chi connectivity index (χ3v) is 7.18. The van der Waals surface area contributed by atoms with Gasteiger partial charge in [-0.2, -0.15) is 11.8 Å². The molecule has 1 fully saturated rings. The lowest BCUT2D eigenvalue weighted by molar-refractivity contribution is 0.579. The molecule has 1 heterocycles. The highest BCUT2D eigenvalue weighted by atomic mass is 79.9. The molecule has 2 N–H and O–H groups in total. The summed E-state index contributed by atoms with van der Waals surface area (Å²) < 4.78 is 38.2. The normalized spacial score (nSPS) is 20.1. The predicted octanol–water partition coefficient (Wildman–Crippen LogP) is 2.48. The Morgan fingerprint density at radius 2 is 2.25 bits per heavy atom. The summed E-state index contributed by atoms with van der Waals surface area (Å²) in [4.78, 5) is 1.77. The van der Waals surface area contributed by atoms with Crippen molar-refractivity contribution in [1.29, 1.82) is 0 Å². The van der Waals surface area contributed by atoms with Crippen molar-refractivity contribution >= 4 is 48.9 Å². The molecule has 0 amide bonds. The molecule has 0 saturated carbocycles. The Morgan fingerprint density at radius 3 is 2.90 bits per heavy atom. The van der Waals surface area contributed by atoms with Gasteiger partial charge in [0, 0.05) is 29.9 Å². The first-order chi connectivity index (χ1) is 9.36. The van der Waals surface area contributed by atoms with Gasteiger partial charge in [0.05, 0.1) is 15.8 Å². The number of thioether (sulfide) groups is 1. The SMILES string of the molecule is CCS(=O)(=O)C1CSCCN1c1cc(Br)c(F)cc1N. The second kappa shape index (κ2) is 6.11. The highest BCUT2D eigenvalue weighted by Gasteiger charge is 2.34. The second-order valence-corrected chi connectivity index (χ2v) is 8.95. The van der Waals surface area contributed by atoms with Crippen LogP contribution in [0.15, 0.2) is 16.6 Å². The summed E-state index contributed by atoms with van der Waals surface area (Å²) in [5, 5.41) is -0.606. The summed E-state index contributed by atoms with van der Waals surface area (Å²) >= 11 is 4.73. The van der Waals surface area contributed by atoms with Crippen LogP contribution in [0.25, 0.3) is 0 Å². The van der Waals surface area contributed by atoms with Crippen LogP contribution in [-0.4, -0.2) is 37.6 Å². The molecule has 0 bridgehead atoms. The van der Waals surface area contributed by atoms with Gasteiger partial charge in [0.15, 0.2) is 9.84 Å². The first-order valence-electron chi connectivity index (χ1n) is 6.17. The first kappa shape index (κ1) is 15.9. The molecule has 20 heavy (non-hydrogen) atoms. The van der Waals surface area contributed by atoms with E-state index in [0.717, 1.165) is 5.75 Å². The van der Waals surface area contributed by atoms with E-state index < -0.39 is 21.0 Å². The fourth-order valence-corrected chi connectivity index (χ4v) is 5.46. The average molecular weight is 383 g/mol. The van der Waals surface area contributed by atoms with Crippen LogP contribution in [-0.2, 0) is 9.84 Å². The van der Waals surface area contributed by atoms with Crippen LogP contribution in [0, 0.1) is 5.82 Å². The molecular weight excluding hydrogens is 367 g/mol. The van der Waals surface area contributed by atoms with E-state index in [0.29, 0.717) is 18.0 Å². The highest BCUT2D eigenvalue weighted by Crippen LogP contribution is 2.34. The van der Waals surface area contributed by atoms with E-state index in [1.807, 2.05) is 0 Å². The second-order valence-electron chi connectivity index (χ2n) is 4.50. The molecule has 1 atom stereocenters. The van der Waals surface area contributed by atoms with Crippen LogP contribution in [0.2, 0.25) is 0 Å². The Labute approximate surface area is 130 Å². The summed E-state index contributed by atoms with van der Waals surface area (Å²) in [6.45, 7) is 2.22. The van der Waals surface area contributed by atoms with Crippen molar-refractivity contribution < 1.29 is 12.8 Å². The van der Waals surface area contributed by atoms with Crippen LogP contribution in [0.1, 0.15) is 6.92 Å². The monoisotopic (exact) mass is 382 g/mol. The molecule has 0 aromatic heterocycles. The summed E-state index contributed by atoms with van der Waals surface area (Å²) in [6, 6.07) is 2.77. The van der Waals surface area contributed by atoms with Crippen molar-refractivity contribution in [2.75, 3.05) is 34.4 Å². The third-order valence-electron chi connectivity index (χ3n) is 3.28. The maximum atomic E-state index is 13.5. The number of hydrogen-bond acceptors (Lipinski definition) is 5. The number of nitrogen functional groups attached to an aromatic ring is 1. The van der Waals surface area contributed by atoms with E-state index in [1.165, 1.54) is 6.07 Å². The lowest BCUT2D eigenvalue weighted by Crippen LogP contribution is -2.48. The van der Waals surface area contributed by atoms with Crippen molar-refractivity contribution in [2.24, 2.45) is 0 Å². The first-order valence-corrected chi connectivity index (χ1v) is 9.83. The molecule has 0 aliphatic carbocycles. The Hall–Kier alpha value is -0.470. The number of hydrogen-bond donors (Lipinski definition) is 1. The topological polar surface area (TPSA) is 63.4 Å². The summed E-state index contributed by atoms with van der Waals surface area (Å²) in [5.41, 5.74) is 6.69. The largest absolute Gasteiger partial charge is 0.397 e. The quantitative estimate of drug-likeness (QED) is 0.813. The van der Waals surface area contributed by atoms with E-state index in [2.05, 4.69) is 15.9 Å². The smallest absolute Gasteiger partial charge is 0.171 e. The van der Waals surface area contributed by atoms with Crippen molar-refractivity contribution in [2.45, 2.75) is 12.3 Å². The molecule has 1 aromatic carbocycles. The van der Waals surface area contributed by atoms with Gasteiger partial charge in [-0.05, 0) is 22.0 Å². The molecule has 2 rings (SSSR count). The number of anilines is 2. The van der Waals surface area contributed by atoms with Gasteiger partial charge in [0.2, 0.25) is 0 Å². The molecule has 0 radical (unpaired) electrons. The van der Waals surface area contributed by atoms with E-state index in [1.54, 1.807) is 29.7 Å². The van der Waals surface area contributed by atoms with E-state index >= 15 is 0 Å². The Kier molecular flexibility index (Phi) is 4.86. The van der Waals surface area contributed by atoms with Crippen LogP contribution >= 0.6 is 27.7 Å². The van der Waals surface area contributed by atoms with Gasteiger partial charge in [0.1, 0.15) is 11.2 Å². The molecule has 1 saturated heterocycles. The van der Waals surface area contributed by atoms with E-state index in [4.69, 9.17) is 5.73 Å². The van der Waals surface area contributed by atoms with Gasteiger partial charge in [-0.1, -0.05) is 6.92 Å². The minimum Gasteiger partial charge on any atom is -0.397 e. The fraction of sp³-hybridized carbons (Fsp3) is 0.500. The van der Waals surface area contributed by atoms with Crippen molar-refractivity contribution in [1.82, 2.24) is 0 Å².